The normalized spacial score (nSPS) is 15.3. The highest BCUT2D eigenvalue weighted by Gasteiger charge is 2.15. The van der Waals surface area contributed by atoms with E-state index in [1.165, 1.54) is 11.1 Å². The van der Waals surface area contributed by atoms with Crippen LogP contribution in [0.15, 0.2) is 24.3 Å². The van der Waals surface area contributed by atoms with Gasteiger partial charge in [0.05, 0.1) is 6.61 Å². The van der Waals surface area contributed by atoms with Gasteiger partial charge >= 0.3 is 0 Å². The van der Waals surface area contributed by atoms with Crippen molar-refractivity contribution in [1.82, 2.24) is 5.32 Å². The summed E-state index contributed by atoms with van der Waals surface area (Å²) < 4.78 is 5.23. The molecular formula is C17H29NO. The molecule has 1 aromatic rings. The van der Waals surface area contributed by atoms with Gasteiger partial charge in [-0.3, -0.25) is 0 Å². The van der Waals surface area contributed by atoms with E-state index >= 15 is 0 Å². The molecular weight excluding hydrogens is 234 g/mol. The summed E-state index contributed by atoms with van der Waals surface area (Å²) in [5.41, 5.74) is 2.94. The molecule has 2 atom stereocenters. The molecule has 2 nitrogen and oxygen atoms in total. The number of ether oxygens (including phenoxy) is 1. The second kappa shape index (κ2) is 7.06. The Labute approximate surface area is 118 Å². The number of rotatable bonds is 6. The van der Waals surface area contributed by atoms with E-state index in [4.69, 9.17) is 4.74 Å². The molecule has 0 saturated heterocycles. The lowest BCUT2D eigenvalue weighted by Gasteiger charge is -2.23. The van der Waals surface area contributed by atoms with E-state index in [0.29, 0.717) is 12.1 Å². The van der Waals surface area contributed by atoms with E-state index in [0.717, 1.165) is 13.0 Å². The van der Waals surface area contributed by atoms with Gasteiger partial charge < -0.3 is 10.1 Å². The van der Waals surface area contributed by atoms with Crippen molar-refractivity contribution in [3.8, 4) is 0 Å². The quantitative estimate of drug-likeness (QED) is 0.835. The highest BCUT2D eigenvalue weighted by Crippen LogP contribution is 2.24. The lowest BCUT2D eigenvalue weighted by atomic mass is 9.86. The maximum absolute atomic E-state index is 5.23. The van der Waals surface area contributed by atoms with Gasteiger partial charge in [-0.1, -0.05) is 52.0 Å². The minimum absolute atomic E-state index is 0.219. The zero-order chi connectivity index (χ0) is 14.5. The van der Waals surface area contributed by atoms with Gasteiger partial charge in [0.1, 0.15) is 0 Å². The lowest BCUT2D eigenvalue weighted by molar-refractivity contribution is 0.159. The Kier molecular flexibility index (Phi) is 6.02. The first kappa shape index (κ1) is 16.2. The molecule has 1 N–H and O–H groups in total. The van der Waals surface area contributed by atoms with E-state index in [1.54, 1.807) is 7.11 Å². The van der Waals surface area contributed by atoms with Gasteiger partial charge in [-0.25, -0.2) is 0 Å². The van der Waals surface area contributed by atoms with Crippen LogP contribution in [0.25, 0.3) is 0 Å². The van der Waals surface area contributed by atoms with Gasteiger partial charge in [0, 0.05) is 19.2 Å². The third kappa shape index (κ3) is 4.96. The maximum atomic E-state index is 5.23. The van der Waals surface area contributed by atoms with Crippen LogP contribution in [-0.2, 0) is 10.2 Å². The molecule has 2 unspecified atom stereocenters. The van der Waals surface area contributed by atoms with Crippen LogP contribution in [-0.4, -0.2) is 19.8 Å². The molecule has 19 heavy (non-hydrogen) atoms. The summed E-state index contributed by atoms with van der Waals surface area (Å²) in [6, 6.07) is 9.72. The van der Waals surface area contributed by atoms with Crippen LogP contribution in [0.1, 0.15) is 58.2 Å². The molecule has 0 heterocycles. The Morgan fingerprint density at radius 1 is 1.16 bits per heavy atom. The smallest absolute Gasteiger partial charge is 0.0615 e. The van der Waals surface area contributed by atoms with Gasteiger partial charge in [-0.2, -0.15) is 0 Å². The Morgan fingerprint density at radius 3 is 2.16 bits per heavy atom. The second-order valence-corrected chi connectivity index (χ2v) is 6.32. The zero-order valence-electron chi connectivity index (χ0n) is 13.3. The molecule has 0 aliphatic carbocycles. The van der Waals surface area contributed by atoms with Crippen LogP contribution < -0.4 is 5.32 Å². The Bertz CT molecular complexity index is 364. The molecule has 0 spiro atoms. The molecule has 0 amide bonds. The van der Waals surface area contributed by atoms with Crippen molar-refractivity contribution in [3.63, 3.8) is 0 Å². The summed E-state index contributed by atoms with van der Waals surface area (Å²) in [6.45, 7) is 11.9. The fourth-order valence-electron chi connectivity index (χ4n) is 2.21. The van der Waals surface area contributed by atoms with Crippen LogP contribution in [0.2, 0.25) is 0 Å². The summed E-state index contributed by atoms with van der Waals surface area (Å²) in [5, 5.41) is 3.62. The van der Waals surface area contributed by atoms with Crippen molar-refractivity contribution in [3.05, 3.63) is 35.4 Å². The van der Waals surface area contributed by atoms with E-state index in [2.05, 4.69) is 64.2 Å². The summed E-state index contributed by atoms with van der Waals surface area (Å²) >= 11 is 0. The molecule has 0 aliphatic rings. The third-order valence-electron chi connectivity index (χ3n) is 3.62. The van der Waals surface area contributed by atoms with Crippen molar-refractivity contribution >= 4 is 0 Å². The lowest BCUT2D eigenvalue weighted by Crippen LogP contribution is -2.34. The predicted octanol–water partition coefficient (Wildman–Crippen LogP) is 4.06. The van der Waals surface area contributed by atoms with E-state index in [9.17, 15) is 0 Å². The number of benzene rings is 1. The average Bonchev–Trinajstić information content (AvgIpc) is 2.37. The fraction of sp³-hybridized carbons (Fsp3) is 0.647. The number of hydrogen-bond donors (Lipinski definition) is 1. The minimum Gasteiger partial charge on any atom is -0.383 e. The topological polar surface area (TPSA) is 21.3 Å². The van der Waals surface area contributed by atoms with E-state index < -0.39 is 0 Å². The van der Waals surface area contributed by atoms with Gasteiger partial charge in [0.25, 0.3) is 0 Å². The molecule has 0 radical (unpaired) electrons. The third-order valence-corrected chi connectivity index (χ3v) is 3.62. The Hall–Kier alpha value is -0.860. The molecule has 1 aromatic carbocycles. The van der Waals surface area contributed by atoms with Crippen LogP contribution in [0.4, 0.5) is 0 Å². The van der Waals surface area contributed by atoms with Gasteiger partial charge in [-0.15, -0.1) is 0 Å². The van der Waals surface area contributed by atoms with Crippen LogP contribution in [0, 0.1) is 0 Å². The summed E-state index contributed by atoms with van der Waals surface area (Å²) in [7, 11) is 1.76. The van der Waals surface area contributed by atoms with Crippen molar-refractivity contribution in [2.75, 3.05) is 13.7 Å². The first-order valence-corrected chi connectivity index (χ1v) is 7.24. The van der Waals surface area contributed by atoms with E-state index in [-0.39, 0.29) is 5.41 Å². The Balaban J connectivity index is 2.69. The van der Waals surface area contributed by atoms with Crippen molar-refractivity contribution in [2.45, 2.75) is 58.5 Å². The van der Waals surface area contributed by atoms with Gasteiger partial charge in [0.2, 0.25) is 0 Å². The molecule has 2 heteroatoms. The van der Waals surface area contributed by atoms with Crippen molar-refractivity contribution < 1.29 is 4.74 Å². The molecule has 0 saturated carbocycles. The number of methoxy groups -OCH3 is 1. The molecule has 0 fully saturated rings. The maximum Gasteiger partial charge on any atom is 0.0615 e. The van der Waals surface area contributed by atoms with Crippen LogP contribution in [0.5, 0.6) is 0 Å². The summed E-state index contributed by atoms with van der Waals surface area (Å²) in [5.74, 6) is 0. The Morgan fingerprint density at radius 2 is 1.74 bits per heavy atom. The summed E-state index contributed by atoms with van der Waals surface area (Å²) in [4.78, 5) is 0. The largest absolute Gasteiger partial charge is 0.383 e. The fourth-order valence-corrected chi connectivity index (χ4v) is 2.21. The highest BCUT2D eigenvalue weighted by atomic mass is 16.5. The summed E-state index contributed by atoms with van der Waals surface area (Å²) in [6.07, 6.45) is 1.08. The molecule has 1 rings (SSSR count). The number of hydrogen-bond acceptors (Lipinski definition) is 2. The zero-order valence-corrected chi connectivity index (χ0v) is 13.3. The average molecular weight is 263 g/mol. The molecule has 0 bridgehead atoms. The first-order valence-electron chi connectivity index (χ1n) is 7.24. The van der Waals surface area contributed by atoms with Crippen LogP contribution >= 0.6 is 0 Å². The van der Waals surface area contributed by atoms with Crippen molar-refractivity contribution in [1.29, 1.82) is 0 Å². The molecule has 0 aliphatic heterocycles. The monoisotopic (exact) mass is 263 g/mol. The first-order chi connectivity index (χ1) is 8.88. The minimum atomic E-state index is 0.219. The number of nitrogens with one attached hydrogen (secondary N) is 1. The standard InChI is InChI=1S/C17H29NO/c1-7-16(12-19-6)18-13(2)14-8-10-15(11-9-14)17(3,4)5/h8-11,13,16,18H,7,12H2,1-6H3. The van der Waals surface area contributed by atoms with Crippen LogP contribution in [0.3, 0.4) is 0 Å². The highest BCUT2D eigenvalue weighted by molar-refractivity contribution is 5.29. The second-order valence-electron chi connectivity index (χ2n) is 6.32. The van der Waals surface area contributed by atoms with E-state index in [1.807, 2.05) is 0 Å². The molecule has 108 valence electrons. The van der Waals surface area contributed by atoms with Gasteiger partial charge in [0.15, 0.2) is 0 Å². The SMILES string of the molecule is CCC(COC)NC(C)c1ccc(C(C)(C)C)cc1. The van der Waals surface area contributed by atoms with Crippen molar-refractivity contribution in [2.24, 2.45) is 0 Å². The molecule has 0 aromatic heterocycles. The predicted molar refractivity (Wildman–Crippen MR) is 82.6 cm³/mol. The van der Waals surface area contributed by atoms with Gasteiger partial charge in [-0.05, 0) is 29.9 Å².